The van der Waals surface area contributed by atoms with Crippen molar-refractivity contribution in [3.05, 3.63) is 89.0 Å². The Morgan fingerprint density at radius 3 is 2.55 bits per heavy atom. The SMILES string of the molecule is O[C@@]1(c2ccccc2)CCN(c2ccc3c4c2-c2ccccc2[C@]4(O)CNC3)C1. The highest BCUT2D eigenvalue weighted by molar-refractivity contribution is 5.91. The van der Waals surface area contributed by atoms with Gasteiger partial charge < -0.3 is 20.4 Å². The molecule has 4 heteroatoms. The number of hydrogen-bond acceptors (Lipinski definition) is 4. The molecule has 2 atom stereocenters. The van der Waals surface area contributed by atoms with Gasteiger partial charge in [0, 0.05) is 36.4 Å². The molecule has 1 saturated heterocycles. The summed E-state index contributed by atoms with van der Waals surface area (Å²) in [5.74, 6) is 0. The summed E-state index contributed by atoms with van der Waals surface area (Å²) in [7, 11) is 0. The molecule has 0 aromatic heterocycles. The van der Waals surface area contributed by atoms with Crippen molar-refractivity contribution in [3.8, 4) is 11.1 Å². The second-order valence-electron chi connectivity index (χ2n) is 8.57. The first-order valence-corrected chi connectivity index (χ1v) is 10.3. The molecule has 1 aliphatic carbocycles. The summed E-state index contributed by atoms with van der Waals surface area (Å²) in [6.45, 7) is 2.64. The van der Waals surface area contributed by atoms with E-state index in [-0.39, 0.29) is 0 Å². The zero-order chi connectivity index (χ0) is 19.6. The molecule has 4 nitrogen and oxygen atoms in total. The van der Waals surface area contributed by atoms with Gasteiger partial charge in [0.25, 0.3) is 0 Å². The van der Waals surface area contributed by atoms with Crippen LogP contribution < -0.4 is 10.2 Å². The third-order valence-electron chi connectivity index (χ3n) is 6.92. The summed E-state index contributed by atoms with van der Waals surface area (Å²) in [5.41, 5.74) is 5.69. The minimum Gasteiger partial charge on any atom is -0.383 e. The molecule has 29 heavy (non-hydrogen) atoms. The van der Waals surface area contributed by atoms with Crippen LogP contribution in [-0.2, 0) is 17.7 Å². The summed E-state index contributed by atoms with van der Waals surface area (Å²) >= 11 is 0. The van der Waals surface area contributed by atoms with Crippen molar-refractivity contribution in [1.29, 1.82) is 0 Å². The van der Waals surface area contributed by atoms with Crippen LogP contribution in [0.1, 0.15) is 28.7 Å². The Morgan fingerprint density at radius 1 is 0.897 bits per heavy atom. The predicted octanol–water partition coefficient (Wildman–Crippen LogP) is 3.10. The van der Waals surface area contributed by atoms with Gasteiger partial charge in [0.05, 0.1) is 6.54 Å². The van der Waals surface area contributed by atoms with E-state index in [1.807, 2.05) is 48.5 Å². The third-order valence-corrected chi connectivity index (χ3v) is 6.92. The monoisotopic (exact) mass is 384 g/mol. The highest BCUT2D eigenvalue weighted by Gasteiger charge is 2.47. The predicted molar refractivity (Wildman–Crippen MR) is 114 cm³/mol. The summed E-state index contributed by atoms with van der Waals surface area (Å²) < 4.78 is 0. The molecule has 146 valence electrons. The number of aliphatic hydroxyl groups is 2. The van der Waals surface area contributed by atoms with Crippen LogP contribution in [0.3, 0.4) is 0 Å². The molecule has 3 aromatic carbocycles. The fraction of sp³-hybridized carbons (Fsp3) is 0.280. The van der Waals surface area contributed by atoms with E-state index in [0.29, 0.717) is 19.5 Å². The lowest BCUT2D eigenvalue weighted by Gasteiger charge is -2.33. The standard InChI is InChI=1S/C25H24N2O2/c28-24(18-6-2-1-3-7-18)12-13-27(16-24)21-11-10-17-14-26-15-25(29)20-9-5-4-8-19(20)22(21)23(17)25/h1-11,26,28-29H,12-16H2/t24-,25+/m0/s1. The molecule has 0 bridgehead atoms. The van der Waals surface area contributed by atoms with Gasteiger partial charge in [-0.2, -0.15) is 0 Å². The smallest absolute Gasteiger partial charge is 0.129 e. The van der Waals surface area contributed by atoms with E-state index in [1.165, 1.54) is 0 Å². The molecule has 2 aliphatic heterocycles. The average molecular weight is 384 g/mol. The molecule has 6 rings (SSSR count). The van der Waals surface area contributed by atoms with Gasteiger partial charge in [0.15, 0.2) is 0 Å². The van der Waals surface area contributed by atoms with Crippen LogP contribution in [0.2, 0.25) is 0 Å². The number of fused-ring (bicyclic) bond motifs is 3. The van der Waals surface area contributed by atoms with E-state index in [4.69, 9.17) is 0 Å². The van der Waals surface area contributed by atoms with Crippen LogP contribution in [0.5, 0.6) is 0 Å². The fourth-order valence-corrected chi connectivity index (χ4v) is 5.53. The van der Waals surface area contributed by atoms with E-state index in [0.717, 1.165) is 52.2 Å². The topological polar surface area (TPSA) is 55.7 Å². The normalized spacial score (nSPS) is 27.0. The lowest BCUT2D eigenvalue weighted by molar-refractivity contribution is 0.0607. The molecule has 3 aromatic rings. The number of β-amino-alcohol motifs (C(OH)–C–C–N with tert-alkyl or cyclic N) is 2. The molecule has 1 fully saturated rings. The molecule has 0 amide bonds. The molecule has 3 aliphatic rings. The quantitative estimate of drug-likeness (QED) is 0.636. The van der Waals surface area contributed by atoms with Crippen LogP contribution in [0.4, 0.5) is 5.69 Å². The van der Waals surface area contributed by atoms with Gasteiger partial charge in [0.1, 0.15) is 11.2 Å². The van der Waals surface area contributed by atoms with Gasteiger partial charge in [-0.15, -0.1) is 0 Å². The highest BCUT2D eigenvalue weighted by Crippen LogP contribution is 2.54. The van der Waals surface area contributed by atoms with Gasteiger partial charge in [-0.1, -0.05) is 60.7 Å². The van der Waals surface area contributed by atoms with Crippen molar-refractivity contribution in [3.63, 3.8) is 0 Å². The second-order valence-corrected chi connectivity index (χ2v) is 8.57. The van der Waals surface area contributed by atoms with Crippen molar-refractivity contribution in [2.45, 2.75) is 24.2 Å². The van der Waals surface area contributed by atoms with Crippen molar-refractivity contribution in [2.75, 3.05) is 24.5 Å². The first kappa shape index (κ1) is 17.2. The Hall–Kier alpha value is -2.66. The number of hydrogen-bond donors (Lipinski definition) is 3. The molecule has 0 spiro atoms. The summed E-state index contributed by atoms with van der Waals surface area (Å²) in [4.78, 5) is 2.28. The number of benzene rings is 3. The Bertz CT molecular complexity index is 1110. The number of nitrogens with zero attached hydrogens (tertiary/aromatic N) is 1. The molecular weight excluding hydrogens is 360 g/mol. The maximum absolute atomic E-state index is 11.7. The van der Waals surface area contributed by atoms with Gasteiger partial charge in [-0.05, 0) is 34.7 Å². The Kier molecular flexibility index (Phi) is 3.52. The first-order chi connectivity index (χ1) is 14.1. The number of nitrogens with one attached hydrogen (secondary N) is 1. The van der Waals surface area contributed by atoms with Crippen LogP contribution in [0.15, 0.2) is 66.7 Å². The highest BCUT2D eigenvalue weighted by atomic mass is 16.3. The lowest BCUT2D eigenvalue weighted by atomic mass is 9.85. The average Bonchev–Trinajstić information content (AvgIpc) is 3.28. The number of rotatable bonds is 2. The van der Waals surface area contributed by atoms with E-state index in [2.05, 4.69) is 28.4 Å². The Morgan fingerprint density at radius 2 is 1.69 bits per heavy atom. The molecule has 0 radical (unpaired) electrons. The molecular formula is C25H24N2O2. The molecule has 0 unspecified atom stereocenters. The fourth-order valence-electron chi connectivity index (χ4n) is 5.53. The molecule has 3 N–H and O–H groups in total. The lowest BCUT2D eigenvalue weighted by Crippen LogP contribution is -2.42. The van der Waals surface area contributed by atoms with Crippen LogP contribution in [-0.4, -0.2) is 29.8 Å². The van der Waals surface area contributed by atoms with Crippen molar-refractivity contribution in [2.24, 2.45) is 0 Å². The summed E-state index contributed by atoms with van der Waals surface area (Å²) in [6, 6.07) is 22.5. The van der Waals surface area contributed by atoms with Crippen LogP contribution >= 0.6 is 0 Å². The first-order valence-electron chi connectivity index (χ1n) is 10.3. The number of anilines is 1. The van der Waals surface area contributed by atoms with Gasteiger partial charge in [0.2, 0.25) is 0 Å². The van der Waals surface area contributed by atoms with Gasteiger partial charge >= 0.3 is 0 Å². The molecule has 0 saturated carbocycles. The van der Waals surface area contributed by atoms with E-state index in [1.54, 1.807) is 0 Å². The van der Waals surface area contributed by atoms with Crippen LogP contribution in [0.25, 0.3) is 11.1 Å². The second kappa shape index (κ2) is 5.92. The minimum atomic E-state index is -0.981. The molecule has 2 heterocycles. The van der Waals surface area contributed by atoms with E-state index in [9.17, 15) is 10.2 Å². The maximum atomic E-state index is 11.7. The maximum Gasteiger partial charge on any atom is 0.129 e. The van der Waals surface area contributed by atoms with E-state index >= 15 is 0 Å². The van der Waals surface area contributed by atoms with Crippen molar-refractivity contribution in [1.82, 2.24) is 5.32 Å². The Balaban J connectivity index is 1.49. The van der Waals surface area contributed by atoms with E-state index < -0.39 is 11.2 Å². The minimum absolute atomic E-state index is 0.529. The van der Waals surface area contributed by atoms with Crippen molar-refractivity contribution < 1.29 is 10.2 Å². The largest absolute Gasteiger partial charge is 0.383 e. The Labute approximate surface area is 170 Å². The third kappa shape index (κ3) is 2.31. The summed E-state index contributed by atoms with van der Waals surface area (Å²) in [6.07, 6.45) is 0.695. The van der Waals surface area contributed by atoms with Crippen LogP contribution in [0, 0.1) is 0 Å². The zero-order valence-corrected chi connectivity index (χ0v) is 16.2. The summed E-state index contributed by atoms with van der Waals surface area (Å²) in [5, 5.41) is 26.4. The van der Waals surface area contributed by atoms with Crippen molar-refractivity contribution >= 4 is 5.69 Å². The zero-order valence-electron chi connectivity index (χ0n) is 16.2. The van der Waals surface area contributed by atoms with Gasteiger partial charge in [-0.3, -0.25) is 0 Å². The van der Waals surface area contributed by atoms with Gasteiger partial charge in [-0.25, -0.2) is 0 Å².